The second-order valence-corrected chi connectivity index (χ2v) is 8.93. The van der Waals surface area contributed by atoms with Gasteiger partial charge in [-0.1, -0.05) is 24.3 Å². The topological polar surface area (TPSA) is 52.6 Å². The lowest BCUT2D eigenvalue weighted by Crippen LogP contribution is -2.64. The van der Waals surface area contributed by atoms with Crippen molar-refractivity contribution in [2.75, 3.05) is 24.2 Å². The van der Waals surface area contributed by atoms with Crippen molar-refractivity contribution >= 4 is 29.0 Å². The largest absolute Gasteiger partial charge is 0.385 e. The van der Waals surface area contributed by atoms with Gasteiger partial charge in [-0.15, -0.1) is 11.8 Å². The van der Waals surface area contributed by atoms with Gasteiger partial charge in [-0.2, -0.15) is 0 Å². The predicted octanol–water partition coefficient (Wildman–Crippen LogP) is 5.14. The average Bonchev–Trinajstić information content (AvgIpc) is 2.75. The van der Waals surface area contributed by atoms with Crippen LogP contribution in [0.1, 0.15) is 15.9 Å². The first kappa shape index (κ1) is 22.2. The zero-order chi connectivity index (χ0) is 22.9. The molecule has 1 saturated heterocycles. The van der Waals surface area contributed by atoms with Crippen LogP contribution >= 0.6 is 11.8 Å². The molecule has 0 bridgehead atoms. The number of likely N-dealkylation sites (tertiary alicyclic amines) is 1. The van der Waals surface area contributed by atoms with E-state index in [4.69, 9.17) is 0 Å². The van der Waals surface area contributed by atoms with Crippen molar-refractivity contribution < 1.29 is 23.1 Å². The number of amides is 1. The lowest BCUT2D eigenvalue weighted by atomic mass is 9.95. The van der Waals surface area contributed by atoms with E-state index < -0.39 is 34.6 Å². The smallest absolute Gasteiger partial charge is 0.256 e. The summed E-state index contributed by atoms with van der Waals surface area (Å²) in [4.78, 5) is 15.3. The number of nitrogens with one attached hydrogen (secondary N) is 1. The van der Waals surface area contributed by atoms with Crippen molar-refractivity contribution in [1.82, 2.24) is 4.90 Å². The number of nitrogens with zero attached hydrogens (tertiary/aromatic N) is 1. The van der Waals surface area contributed by atoms with Gasteiger partial charge in [0.1, 0.15) is 11.4 Å². The van der Waals surface area contributed by atoms with Gasteiger partial charge >= 0.3 is 0 Å². The fraction of sp³-hybridized carbons (Fsp3) is 0.208. The Balaban J connectivity index is 1.50. The molecule has 32 heavy (non-hydrogen) atoms. The summed E-state index contributed by atoms with van der Waals surface area (Å²) in [5, 5.41) is 13.2. The minimum absolute atomic E-state index is 0.0585. The summed E-state index contributed by atoms with van der Waals surface area (Å²) >= 11 is 1.47. The molecule has 8 heteroatoms. The van der Waals surface area contributed by atoms with Gasteiger partial charge in [-0.05, 0) is 48.9 Å². The van der Waals surface area contributed by atoms with Gasteiger partial charge in [0.25, 0.3) is 5.91 Å². The number of carbonyl (C=O) groups excluding carboxylic acids is 1. The fourth-order valence-electron chi connectivity index (χ4n) is 3.51. The third-order valence-electron chi connectivity index (χ3n) is 5.22. The van der Waals surface area contributed by atoms with Crippen molar-refractivity contribution in [3.63, 3.8) is 0 Å². The highest BCUT2D eigenvalue weighted by Gasteiger charge is 2.44. The summed E-state index contributed by atoms with van der Waals surface area (Å²) in [6.07, 6.45) is 0. The maximum absolute atomic E-state index is 14.6. The molecule has 1 aliphatic heterocycles. The number of β-amino-alcohol motifs (C(OH)–C–C–N with tert-alkyl or cyclic N) is 1. The van der Waals surface area contributed by atoms with Gasteiger partial charge in [0.2, 0.25) is 0 Å². The number of aryl methyl sites for hydroxylation is 1. The maximum atomic E-state index is 14.6. The zero-order valence-electron chi connectivity index (χ0n) is 17.2. The Morgan fingerprint density at radius 3 is 2.47 bits per heavy atom. The third kappa shape index (κ3) is 4.61. The Labute approximate surface area is 188 Å². The highest BCUT2D eigenvalue weighted by molar-refractivity contribution is 7.99. The van der Waals surface area contributed by atoms with Crippen LogP contribution in [-0.2, 0) is 0 Å². The van der Waals surface area contributed by atoms with Crippen LogP contribution in [0.4, 0.5) is 24.5 Å². The molecule has 1 heterocycles. The lowest BCUT2D eigenvalue weighted by molar-refractivity contribution is -0.0632. The summed E-state index contributed by atoms with van der Waals surface area (Å²) in [5.74, 6) is -3.27. The van der Waals surface area contributed by atoms with Gasteiger partial charge in [-0.3, -0.25) is 4.79 Å². The molecule has 1 amide bonds. The number of benzene rings is 3. The second kappa shape index (κ2) is 8.88. The van der Waals surface area contributed by atoms with Crippen LogP contribution in [-0.4, -0.2) is 40.4 Å². The van der Waals surface area contributed by atoms with E-state index in [1.807, 2.05) is 30.3 Å². The highest BCUT2D eigenvalue weighted by Crippen LogP contribution is 2.33. The van der Waals surface area contributed by atoms with Gasteiger partial charge in [0.15, 0.2) is 11.6 Å². The zero-order valence-corrected chi connectivity index (χ0v) is 18.1. The molecule has 4 nitrogen and oxygen atoms in total. The highest BCUT2D eigenvalue weighted by atomic mass is 32.2. The first-order valence-corrected chi connectivity index (χ1v) is 10.9. The Morgan fingerprint density at radius 2 is 1.78 bits per heavy atom. The Bertz CT molecular complexity index is 1150. The standard InChI is InChI=1S/C24H21F3N2O2S/c1-15-7-10-20(19(26)11-15)28-22-17(8-9-18(25)21(22)27)23(30)29-12-24(31,13-29)14-32-16-5-3-2-4-6-16/h2-11,28,31H,12-14H2,1H3. The van der Waals surface area contributed by atoms with E-state index in [0.29, 0.717) is 11.3 Å². The van der Waals surface area contributed by atoms with E-state index in [9.17, 15) is 23.1 Å². The number of hydrogen-bond donors (Lipinski definition) is 2. The summed E-state index contributed by atoms with van der Waals surface area (Å²) in [5.41, 5.74) is -1.06. The molecule has 1 aliphatic rings. The van der Waals surface area contributed by atoms with Crippen LogP contribution in [0, 0.1) is 24.4 Å². The average molecular weight is 459 g/mol. The number of carbonyl (C=O) groups is 1. The number of hydrogen-bond acceptors (Lipinski definition) is 4. The summed E-state index contributed by atoms with van der Waals surface area (Å²) in [6.45, 7) is 1.82. The van der Waals surface area contributed by atoms with E-state index in [1.54, 1.807) is 13.0 Å². The van der Waals surface area contributed by atoms with Crippen LogP contribution in [0.15, 0.2) is 65.6 Å². The second-order valence-electron chi connectivity index (χ2n) is 7.88. The van der Waals surface area contributed by atoms with Crippen molar-refractivity contribution in [3.8, 4) is 0 Å². The van der Waals surface area contributed by atoms with Crippen LogP contribution < -0.4 is 5.32 Å². The van der Waals surface area contributed by atoms with Crippen molar-refractivity contribution in [1.29, 1.82) is 0 Å². The van der Waals surface area contributed by atoms with E-state index in [2.05, 4.69) is 5.32 Å². The van der Waals surface area contributed by atoms with E-state index in [-0.39, 0.29) is 24.3 Å². The fourth-order valence-corrected chi connectivity index (χ4v) is 4.48. The van der Waals surface area contributed by atoms with Crippen LogP contribution in [0.25, 0.3) is 0 Å². The molecule has 0 saturated carbocycles. The molecule has 0 unspecified atom stereocenters. The summed E-state index contributed by atoms with van der Waals surface area (Å²) in [6, 6.07) is 15.8. The van der Waals surface area contributed by atoms with Crippen molar-refractivity contribution in [2.24, 2.45) is 0 Å². The number of aliphatic hydroxyl groups is 1. The number of rotatable bonds is 6. The molecule has 0 aliphatic carbocycles. The number of anilines is 2. The maximum Gasteiger partial charge on any atom is 0.256 e. The van der Waals surface area contributed by atoms with Crippen LogP contribution in [0.5, 0.6) is 0 Å². The molecular formula is C24H21F3N2O2S. The molecule has 3 aromatic carbocycles. The van der Waals surface area contributed by atoms with Crippen LogP contribution in [0.2, 0.25) is 0 Å². The van der Waals surface area contributed by atoms with E-state index >= 15 is 0 Å². The van der Waals surface area contributed by atoms with Gasteiger partial charge in [0.05, 0.1) is 30.0 Å². The van der Waals surface area contributed by atoms with Gasteiger partial charge in [-0.25, -0.2) is 13.2 Å². The molecule has 4 rings (SSSR count). The SMILES string of the molecule is Cc1ccc(Nc2c(C(=O)N3CC(O)(CSc4ccccc4)C3)ccc(F)c2F)c(F)c1. The predicted molar refractivity (Wildman–Crippen MR) is 119 cm³/mol. The first-order valence-electron chi connectivity index (χ1n) is 9.96. The monoisotopic (exact) mass is 458 g/mol. The molecule has 0 aromatic heterocycles. The Morgan fingerprint density at radius 1 is 1.06 bits per heavy atom. The number of thioether (sulfide) groups is 1. The molecule has 0 atom stereocenters. The molecular weight excluding hydrogens is 437 g/mol. The molecule has 0 spiro atoms. The minimum atomic E-state index is -1.27. The van der Waals surface area contributed by atoms with E-state index in [1.165, 1.54) is 28.8 Å². The Hall–Kier alpha value is -2.97. The molecule has 3 aromatic rings. The summed E-state index contributed by atoms with van der Waals surface area (Å²) < 4.78 is 42.7. The first-order chi connectivity index (χ1) is 15.3. The minimum Gasteiger partial charge on any atom is -0.385 e. The van der Waals surface area contributed by atoms with Crippen molar-refractivity contribution in [3.05, 3.63) is 89.2 Å². The van der Waals surface area contributed by atoms with Gasteiger partial charge < -0.3 is 15.3 Å². The number of halogens is 3. The Kier molecular flexibility index (Phi) is 6.17. The molecule has 0 radical (unpaired) electrons. The normalized spacial score (nSPS) is 14.7. The molecule has 2 N–H and O–H groups in total. The quantitative estimate of drug-likeness (QED) is 0.503. The lowest BCUT2D eigenvalue weighted by Gasteiger charge is -2.46. The van der Waals surface area contributed by atoms with Crippen molar-refractivity contribution in [2.45, 2.75) is 17.4 Å². The van der Waals surface area contributed by atoms with E-state index in [0.717, 1.165) is 17.0 Å². The molecule has 1 fully saturated rings. The van der Waals surface area contributed by atoms with Gasteiger partial charge in [0, 0.05) is 10.6 Å². The third-order valence-corrected chi connectivity index (χ3v) is 6.50. The molecule has 166 valence electrons. The van der Waals surface area contributed by atoms with Crippen LogP contribution in [0.3, 0.4) is 0 Å². The summed E-state index contributed by atoms with van der Waals surface area (Å²) in [7, 11) is 0.